The van der Waals surface area contributed by atoms with Crippen molar-refractivity contribution < 1.29 is 0 Å². The Morgan fingerprint density at radius 2 is 1.92 bits per heavy atom. The van der Waals surface area contributed by atoms with Crippen molar-refractivity contribution in [3.63, 3.8) is 0 Å². The molecule has 4 heteroatoms. The molecule has 13 heavy (non-hydrogen) atoms. The molecule has 0 fully saturated rings. The second-order valence-electron chi connectivity index (χ2n) is 4.12. The number of aromatic nitrogens is 2. The van der Waals surface area contributed by atoms with E-state index in [1.165, 1.54) is 0 Å². The average molecular weight is 180 g/mol. The minimum absolute atomic E-state index is 0.0750. The van der Waals surface area contributed by atoms with Gasteiger partial charge in [-0.2, -0.15) is 5.10 Å². The standard InChI is InChI=1S/C9H16N4/c1-6-7(9(2,3)4)5-8(11-10)13-12-6/h5H,10H2,1-4H3,(H,11,13). The zero-order valence-electron chi connectivity index (χ0n) is 8.55. The normalized spacial score (nSPS) is 11.5. The van der Waals surface area contributed by atoms with E-state index in [-0.39, 0.29) is 5.41 Å². The van der Waals surface area contributed by atoms with Crippen molar-refractivity contribution in [2.75, 3.05) is 5.43 Å². The van der Waals surface area contributed by atoms with E-state index in [0.717, 1.165) is 11.3 Å². The molecular weight excluding hydrogens is 164 g/mol. The first-order chi connectivity index (χ1) is 5.95. The van der Waals surface area contributed by atoms with E-state index in [9.17, 15) is 0 Å². The summed E-state index contributed by atoms with van der Waals surface area (Å²) in [5, 5.41) is 7.91. The largest absolute Gasteiger partial charge is 0.307 e. The lowest BCUT2D eigenvalue weighted by atomic mass is 9.86. The van der Waals surface area contributed by atoms with E-state index in [1.807, 2.05) is 13.0 Å². The van der Waals surface area contributed by atoms with Crippen molar-refractivity contribution in [1.29, 1.82) is 0 Å². The Morgan fingerprint density at radius 3 is 2.38 bits per heavy atom. The minimum Gasteiger partial charge on any atom is -0.307 e. The first-order valence-electron chi connectivity index (χ1n) is 4.26. The maximum Gasteiger partial charge on any atom is 0.162 e. The van der Waals surface area contributed by atoms with Crippen LogP contribution in [0.1, 0.15) is 32.0 Å². The molecule has 0 saturated carbocycles. The molecule has 0 bridgehead atoms. The van der Waals surface area contributed by atoms with Gasteiger partial charge in [0.15, 0.2) is 5.82 Å². The Morgan fingerprint density at radius 1 is 1.31 bits per heavy atom. The molecule has 4 nitrogen and oxygen atoms in total. The van der Waals surface area contributed by atoms with E-state index in [1.54, 1.807) is 0 Å². The number of nitrogen functional groups attached to an aromatic ring is 1. The molecule has 0 aliphatic heterocycles. The number of hydrogen-bond donors (Lipinski definition) is 2. The molecule has 0 aliphatic rings. The average Bonchev–Trinajstić information content (AvgIpc) is 2.03. The number of hydrazine groups is 1. The van der Waals surface area contributed by atoms with Crippen LogP contribution >= 0.6 is 0 Å². The highest BCUT2D eigenvalue weighted by molar-refractivity contribution is 5.39. The molecular formula is C9H16N4. The van der Waals surface area contributed by atoms with Gasteiger partial charge in [-0.3, -0.25) is 0 Å². The van der Waals surface area contributed by atoms with Crippen LogP contribution in [0.15, 0.2) is 6.07 Å². The zero-order chi connectivity index (χ0) is 10.1. The Hall–Kier alpha value is -1.16. The summed E-state index contributed by atoms with van der Waals surface area (Å²) in [6.45, 7) is 8.36. The van der Waals surface area contributed by atoms with Gasteiger partial charge in [0.1, 0.15) is 0 Å². The highest BCUT2D eigenvalue weighted by Crippen LogP contribution is 2.25. The monoisotopic (exact) mass is 180 g/mol. The molecule has 0 saturated heterocycles. The summed E-state index contributed by atoms with van der Waals surface area (Å²) in [5.74, 6) is 5.87. The summed E-state index contributed by atoms with van der Waals surface area (Å²) >= 11 is 0. The van der Waals surface area contributed by atoms with Crippen LogP contribution in [0.4, 0.5) is 5.82 Å². The predicted molar refractivity (Wildman–Crippen MR) is 53.3 cm³/mol. The molecule has 3 N–H and O–H groups in total. The molecule has 0 unspecified atom stereocenters. The summed E-state index contributed by atoms with van der Waals surface area (Å²) < 4.78 is 0. The number of aryl methyl sites for hydroxylation is 1. The van der Waals surface area contributed by atoms with E-state index in [4.69, 9.17) is 5.84 Å². The maximum absolute atomic E-state index is 5.26. The lowest BCUT2D eigenvalue weighted by molar-refractivity contribution is 0.579. The van der Waals surface area contributed by atoms with Crippen LogP contribution in [0.3, 0.4) is 0 Å². The molecule has 0 aromatic carbocycles. The van der Waals surface area contributed by atoms with Crippen molar-refractivity contribution in [3.05, 3.63) is 17.3 Å². The molecule has 1 aromatic rings. The Bertz CT molecular complexity index is 301. The maximum atomic E-state index is 5.26. The van der Waals surface area contributed by atoms with E-state index in [0.29, 0.717) is 5.82 Å². The van der Waals surface area contributed by atoms with Crippen LogP contribution in [0.25, 0.3) is 0 Å². The van der Waals surface area contributed by atoms with Crippen molar-refractivity contribution in [2.45, 2.75) is 33.1 Å². The highest BCUT2D eigenvalue weighted by Gasteiger charge is 2.17. The lowest BCUT2D eigenvalue weighted by Gasteiger charge is -2.20. The number of anilines is 1. The molecule has 0 spiro atoms. The van der Waals surface area contributed by atoms with Gasteiger partial charge in [-0.1, -0.05) is 20.8 Å². The third-order valence-electron chi connectivity index (χ3n) is 1.93. The first-order valence-corrected chi connectivity index (χ1v) is 4.26. The SMILES string of the molecule is Cc1nnc(NN)cc1C(C)(C)C. The fourth-order valence-electron chi connectivity index (χ4n) is 1.28. The lowest BCUT2D eigenvalue weighted by Crippen LogP contribution is -2.17. The first kappa shape index (κ1) is 9.92. The topological polar surface area (TPSA) is 63.8 Å². The molecule has 1 heterocycles. The molecule has 1 aromatic heterocycles. The fraction of sp³-hybridized carbons (Fsp3) is 0.556. The van der Waals surface area contributed by atoms with Crippen molar-refractivity contribution in [1.82, 2.24) is 10.2 Å². The molecule has 0 atom stereocenters. The van der Waals surface area contributed by atoms with Gasteiger partial charge < -0.3 is 5.43 Å². The molecule has 0 aliphatic carbocycles. The number of rotatable bonds is 1. The number of hydrogen-bond acceptors (Lipinski definition) is 4. The van der Waals surface area contributed by atoms with E-state index < -0.39 is 0 Å². The quantitative estimate of drug-likeness (QED) is 0.506. The predicted octanol–water partition coefficient (Wildman–Crippen LogP) is 1.37. The van der Waals surface area contributed by atoms with Crippen molar-refractivity contribution >= 4 is 5.82 Å². The summed E-state index contributed by atoms with van der Waals surface area (Å²) in [6, 6.07) is 1.93. The van der Waals surface area contributed by atoms with Gasteiger partial charge in [-0.15, -0.1) is 5.10 Å². The smallest absolute Gasteiger partial charge is 0.162 e. The minimum atomic E-state index is 0.0750. The van der Waals surface area contributed by atoms with Gasteiger partial charge in [0, 0.05) is 0 Å². The summed E-state index contributed by atoms with van der Waals surface area (Å²) in [5.41, 5.74) is 4.68. The van der Waals surface area contributed by atoms with Gasteiger partial charge in [0.2, 0.25) is 0 Å². The van der Waals surface area contributed by atoms with Crippen molar-refractivity contribution in [3.8, 4) is 0 Å². The number of nitrogens with one attached hydrogen (secondary N) is 1. The van der Waals surface area contributed by atoms with E-state index >= 15 is 0 Å². The van der Waals surface area contributed by atoms with Crippen LogP contribution in [-0.4, -0.2) is 10.2 Å². The van der Waals surface area contributed by atoms with Crippen molar-refractivity contribution in [2.24, 2.45) is 5.84 Å². The van der Waals surface area contributed by atoms with Gasteiger partial charge in [0.25, 0.3) is 0 Å². The summed E-state index contributed by atoms with van der Waals surface area (Å²) in [7, 11) is 0. The molecule has 0 amide bonds. The molecule has 0 radical (unpaired) electrons. The molecule has 72 valence electrons. The van der Waals surface area contributed by atoms with Gasteiger partial charge in [0.05, 0.1) is 5.69 Å². The Kier molecular flexibility index (Phi) is 2.52. The second kappa shape index (κ2) is 3.30. The highest BCUT2D eigenvalue weighted by atomic mass is 15.3. The van der Waals surface area contributed by atoms with Gasteiger partial charge in [-0.25, -0.2) is 5.84 Å². The number of nitrogens with two attached hydrogens (primary N) is 1. The third kappa shape index (κ3) is 2.15. The summed E-state index contributed by atoms with van der Waals surface area (Å²) in [4.78, 5) is 0. The van der Waals surface area contributed by atoms with Gasteiger partial charge in [-0.05, 0) is 24.0 Å². The van der Waals surface area contributed by atoms with Crippen LogP contribution < -0.4 is 11.3 Å². The van der Waals surface area contributed by atoms with Crippen LogP contribution in [0.2, 0.25) is 0 Å². The van der Waals surface area contributed by atoms with Gasteiger partial charge >= 0.3 is 0 Å². The zero-order valence-corrected chi connectivity index (χ0v) is 8.55. The van der Waals surface area contributed by atoms with Crippen LogP contribution in [0, 0.1) is 6.92 Å². The second-order valence-corrected chi connectivity index (χ2v) is 4.12. The van der Waals surface area contributed by atoms with E-state index in [2.05, 4.69) is 36.4 Å². The molecule has 1 rings (SSSR count). The van der Waals surface area contributed by atoms with Crippen LogP contribution in [-0.2, 0) is 5.41 Å². The fourth-order valence-corrected chi connectivity index (χ4v) is 1.28. The Balaban J connectivity index is 3.19. The third-order valence-corrected chi connectivity index (χ3v) is 1.93. The number of nitrogens with zero attached hydrogens (tertiary/aromatic N) is 2. The van der Waals surface area contributed by atoms with Crippen LogP contribution in [0.5, 0.6) is 0 Å². The summed E-state index contributed by atoms with van der Waals surface area (Å²) in [6.07, 6.45) is 0. The Labute approximate surface area is 78.5 Å².